The van der Waals surface area contributed by atoms with E-state index in [0.717, 1.165) is 51.4 Å². The molecule has 4 heteroatoms. The third-order valence-electron chi connectivity index (χ3n) is 11.4. The first kappa shape index (κ1) is 29.1. The molecule has 0 aromatic rings. The van der Waals surface area contributed by atoms with Gasteiger partial charge in [0.2, 0.25) is 0 Å². The van der Waals surface area contributed by atoms with Crippen molar-refractivity contribution in [2.24, 2.45) is 45.8 Å². The number of hydrogen-bond acceptors (Lipinski definition) is 4. The smallest absolute Gasteiger partial charge is 0.139 e. The highest BCUT2D eigenvalue weighted by Gasteiger charge is 2.68. The van der Waals surface area contributed by atoms with Crippen molar-refractivity contribution in [1.29, 1.82) is 0 Å². The van der Waals surface area contributed by atoms with Gasteiger partial charge in [-0.1, -0.05) is 55.4 Å². The van der Waals surface area contributed by atoms with Crippen LogP contribution >= 0.6 is 0 Å². The van der Waals surface area contributed by atoms with E-state index in [4.69, 9.17) is 4.74 Å². The molecule has 4 aliphatic carbocycles. The molecule has 0 aromatic carbocycles. The van der Waals surface area contributed by atoms with Crippen molar-refractivity contribution in [1.82, 2.24) is 0 Å². The lowest BCUT2D eigenvalue weighted by Gasteiger charge is -2.63. The van der Waals surface area contributed by atoms with Crippen LogP contribution in [0.1, 0.15) is 120 Å². The van der Waals surface area contributed by atoms with Crippen molar-refractivity contribution in [3.05, 3.63) is 0 Å². The van der Waals surface area contributed by atoms with Gasteiger partial charge in [0.05, 0.1) is 18.3 Å². The van der Waals surface area contributed by atoms with Crippen LogP contribution in [0.4, 0.5) is 0 Å². The molecule has 2 N–H and O–H groups in total. The first-order valence-corrected chi connectivity index (χ1v) is 14.9. The van der Waals surface area contributed by atoms with Gasteiger partial charge in [-0.25, -0.2) is 0 Å². The molecule has 4 fully saturated rings. The number of carbonyl (C=O) groups is 1. The molecule has 4 saturated carbocycles. The maximum atomic E-state index is 13.8. The van der Waals surface area contributed by atoms with Crippen molar-refractivity contribution in [3.63, 3.8) is 0 Å². The minimum Gasteiger partial charge on any atom is -0.396 e. The van der Waals surface area contributed by atoms with Gasteiger partial charge in [0.25, 0.3) is 0 Å². The number of carbonyl (C=O) groups excluding carboxylic acids is 1. The number of fused-ring (bicyclic) bond motifs is 5. The van der Waals surface area contributed by atoms with Gasteiger partial charge in [0, 0.05) is 18.4 Å². The van der Waals surface area contributed by atoms with E-state index < -0.39 is 0 Å². The fraction of sp³-hybridized carbons (Fsp3) is 0.968. The molecular weight excluding hydrogens is 436 g/mol. The molecule has 4 nitrogen and oxygen atoms in total. The summed E-state index contributed by atoms with van der Waals surface area (Å²) in [6.45, 7) is 17.9. The van der Waals surface area contributed by atoms with E-state index in [1.54, 1.807) is 0 Å². The molecule has 4 aliphatic rings. The standard InChI is InChI=1S/C29H50O4.C2H6/c1-18(2)25(10-7-19(3)17-30)33-22-15-28(5)23-9-8-20-13-21(31)11-12-27(20,4)24(23)14-26(32)29(28,6)16-22;1-2/h18-25,30-31H,7-17H2,1-6H3;1-2H3/t19-,20?,21?,22?,23?,24?,25?,27?,28?,29?;/m1./s1. The lowest BCUT2D eigenvalue weighted by atomic mass is 9.41. The Morgan fingerprint density at radius 3 is 2.31 bits per heavy atom. The minimum atomic E-state index is -0.282. The molecule has 4 rings (SSSR count). The predicted molar refractivity (Wildman–Crippen MR) is 143 cm³/mol. The van der Waals surface area contributed by atoms with Gasteiger partial charge in [0.1, 0.15) is 5.78 Å². The molecule has 204 valence electrons. The summed E-state index contributed by atoms with van der Waals surface area (Å²) in [6, 6.07) is 0. The van der Waals surface area contributed by atoms with Gasteiger partial charge >= 0.3 is 0 Å². The monoisotopic (exact) mass is 492 g/mol. The molecule has 9 unspecified atom stereocenters. The lowest BCUT2D eigenvalue weighted by Crippen LogP contribution is -2.59. The third kappa shape index (κ3) is 5.15. The Bertz CT molecular complexity index is 721. The maximum absolute atomic E-state index is 13.8. The molecule has 0 bridgehead atoms. The Hall–Kier alpha value is -0.450. The van der Waals surface area contributed by atoms with E-state index in [1.165, 1.54) is 12.8 Å². The van der Waals surface area contributed by atoms with Crippen LogP contribution in [0.25, 0.3) is 0 Å². The van der Waals surface area contributed by atoms with E-state index in [9.17, 15) is 15.0 Å². The maximum Gasteiger partial charge on any atom is 0.139 e. The van der Waals surface area contributed by atoms with E-state index in [-0.39, 0.29) is 41.2 Å². The van der Waals surface area contributed by atoms with Gasteiger partial charge < -0.3 is 14.9 Å². The summed E-state index contributed by atoms with van der Waals surface area (Å²) >= 11 is 0. The number of aliphatic hydroxyl groups excluding tert-OH is 2. The summed E-state index contributed by atoms with van der Waals surface area (Å²) in [7, 11) is 0. The van der Waals surface area contributed by atoms with Crippen molar-refractivity contribution >= 4 is 5.78 Å². The number of hydrogen-bond donors (Lipinski definition) is 2. The average Bonchev–Trinajstić information content (AvgIpc) is 3.10. The van der Waals surface area contributed by atoms with Crippen LogP contribution < -0.4 is 0 Å². The molecule has 0 radical (unpaired) electrons. The van der Waals surface area contributed by atoms with Crippen molar-refractivity contribution in [2.75, 3.05) is 6.61 Å². The summed E-state index contributed by atoms with van der Waals surface area (Å²) in [5.41, 5.74) is -0.0836. The number of ketones is 1. The number of Topliss-reactive ketones (excluding diaryl/α,β-unsaturated/α-hetero) is 1. The Balaban J connectivity index is 0.00000167. The first-order valence-electron chi connectivity index (χ1n) is 14.9. The Kier molecular flexibility index (Phi) is 9.25. The summed E-state index contributed by atoms with van der Waals surface area (Å²) in [5.74, 6) is 2.82. The molecular formula is C31H56O4. The third-order valence-corrected chi connectivity index (χ3v) is 11.4. The normalized spacial score (nSPS) is 44.5. The van der Waals surface area contributed by atoms with Crippen LogP contribution in [-0.2, 0) is 9.53 Å². The predicted octanol–water partition coefficient (Wildman–Crippen LogP) is 6.80. The molecule has 0 spiro atoms. The van der Waals surface area contributed by atoms with Gasteiger partial charge in [-0.2, -0.15) is 0 Å². The first-order chi connectivity index (χ1) is 16.4. The topological polar surface area (TPSA) is 66.8 Å². The van der Waals surface area contributed by atoms with Gasteiger partial charge in [-0.3, -0.25) is 4.79 Å². The SMILES string of the molecule is CC.CC(C)C(CC[C@@H](C)CO)OC1CC2(C)C(=O)CC3C(CCC4CC(O)CCC43C)C2(C)C1. The quantitative estimate of drug-likeness (QED) is 0.410. The molecule has 35 heavy (non-hydrogen) atoms. The lowest BCUT2D eigenvalue weighted by molar-refractivity contribution is -0.172. The Labute approximate surface area is 216 Å². The minimum absolute atomic E-state index is 0.00162. The van der Waals surface area contributed by atoms with Crippen LogP contribution in [0.3, 0.4) is 0 Å². The summed E-state index contributed by atoms with van der Waals surface area (Å²) in [4.78, 5) is 13.8. The van der Waals surface area contributed by atoms with Crippen molar-refractivity contribution in [3.8, 4) is 0 Å². The second-order valence-electron chi connectivity index (χ2n) is 13.6. The van der Waals surface area contributed by atoms with Crippen LogP contribution in [0.2, 0.25) is 0 Å². The van der Waals surface area contributed by atoms with Gasteiger partial charge in [0.15, 0.2) is 0 Å². The van der Waals surface area contributed by atoms with Crippen LogP contribution in [0.5, 0.6) is 0 Å². The van der Waals surface area contributed by atoms with E-state index in [0.29, 0.717) is 35.4 Å². The molecule has 10 atom stereocenters. The largest absolute Gasteiger partial charge is 0.396 e. The van der Waals surface area contributed by atoms with E-state index >= 15 is 0 Å². The fourth-order valence-electron chi connectivity index (χ4n) is 8.83. The Morgan fingerprint density at radius 2 is 1.69 bits per heavy atom. The van der Waals surface area contributed by atoms with Crippen LogP contribution in [-0.4, -0.2) is 40.9 Å². The van der Waals surface area contributed by atoms with Crippen LogP contribution in [0.15, 0.2) is 0 Å². The Morgan fingerprint density at radius 1 is 1.00 bits per heavy atom. The summed E-state index contributed by atoms with van der Waals surface area (Å²) in [5, 5.41) is 19.8. The van der Waals surface area contributed by atoms with Crippen LogP contribution in [0, 0.1) is 45.8 Å². The number of rotatable bonds is 7. The highest BCUT2D eigenvalue weighted by Crippen LogP contribution is 2.70. The molecule has 0 saturated heterocycles. The van der Waals surface area contributed by atoms with Crippen molar-refractivity contribution < 1.29 is 19.7 Å². The highest BCUT2D eigenvalue weighted by atomic mass is 16.5. The molecule has 0 amide bonds. The summed E-state index contributed by atoms with van der Waals surface area (Å²) < 4.78 is 6.80. The van der Waals surface area contributed by atoms with E-state index in [2.05, 4.69) is 41.5 Å². The van der Waals surface area contributed by atoms with Gasteiger partial charge in [-0.05, 0) is 98.2 Å². The zero-order chi connectivity index (χ0) is 26.2. The average molecular weight is 493 g/mol. The van der Waals surface area contributed by atoms with E-state index in [1.807, 2.05) is 13.8 Å². The molecule has 0 aromatic heterocycles. The second kappa shape index (κ2) is 11.1. The second-order valence-corrected chi connectivity index (χ2v) is 13.6. The number of aliphatic hydroxyl groups is 2. The molecule has 0 aliphatic heterocycles. The summed E-state index contributed by atoms with van der Waals surface area (Å²) in [6.07, 6.45) is 10.0. The number of ether oxygens (including phenoxy) is 1. The fourth-order valence-corrected chi connectivity index (χ4v) is 8.83. The zero-order valence-corrected chi connectivity index (χ0v) is 24.1. The molecule has 0 heterocycles. The zero-order valence-electron chi connectivity index (χ0n) is 24.1. The highest BCUT2D eigenvalue weighted by molar-refractivity contribution is 5.87. The van der Waals surface area contributed by atoms with Gasteiger partial charge in [-0.15, -0.1) is 0 Å². The van der Waals surface area contributed by atoms with Crippen molar-refractivity contribution in [2.45, 2.75) is 138 Å².